The van der Waals surface area contributed by atoms with E-state index in [0.717, 1.165) is 0 Å². The molecule has 0 aliphatic carbocycles. The lowest BCUT2D eigenvalue weighted by atomic mass is 10.2. The highest BCUT2D eigenvalue weighted by atomic mass is 35.5. The standard InChI is InChI=1S/C8H4ClNO2/c9-7-2-1-5(4-11)8-6(7)3-10-12-8/h1-4H. The number of hydrogen-bond donors (Lipinski definition) is 0. The number of nitrogens with zero attached hydrogens (tertiary/aromatic N) is 1. The molecule has 0 unspecified atom stereocenters. The third-order valence-corrected chi connectivity index (χ3v) is 1.96. The monoisotopic (exact) mass is 181 g/mol. The largest absolute Gasteiger partial charge is 0.355 e. The average molecular weight is 182 g/mol. The zero-order chi connectivity index (χ0) is 8.55. The highest BCUT2D eigenvalue weighted by molar-refractivity contribution is 6.35. The Kier molecular flexibility index (Phi) is 1.59. The lowest BCUT2D eigenvalue weighted by Gasteiger charge is -1.92. The smallest absolute Gasteiger partial charge is 0.178 e. The normalized spacial score (nSPS) is 10.4. The van der Waals surface area contributed by atoms with Crippen LogP contribution in [0.5, 0.6) is 0 Å². The number of aromatic nitrogens is 1. The van der Waals surface area contributed by atoms with Crippen molar-refractivity contribution in [2.45, 2.75) is 0 Å². The van der Waals surface area contributed by atoms with Crippen LogP contribution >= 0.6 is 11.6 Å². The maximum atomic E-state index is 10.5. The minimum absolute atomic E-state index is 0.442. The number of carbonyl (C=O) groups excluding carboxylic acids is 1. The zero-order valence-corrected chi connectivity index (χ0v) is 6.71. The van der Waals surface area contributed by atoms with Gasteiger partial charge in [-0.05, 0) is 12.1 Å². The minimum Gasteiger partial charge on any atom is -0.355 e. The lowest BCUT2D eigenvalue weighted by molar-refractivity contribution is 0.112. The molecule has 2 aromatic rings. The average Bonchev–Trinajstić information content (AvgIpc) is 2.54. The van der Waals surface area contributed by atoms with Crippen LogP contribution in [-0.4, -0.2) is 11.4 Å². The van der Waals surface area contributed by atoms with Crippen molar-refractivity contribution in [2.75, 3.05) is 0 Å². The van der Waals surface area contributed by atoms with E-state index in [-0.39, 0.29) is 0 Å². The van der Waals surface area contributed by atoms with Gasteiger partial charge in [0.2, 0.25) is 0 Å². The van der Waals surface area contributed by atoms with Crippen LogP contribution in [-0.2, 0) is 0 Å². The summed E-state index contributed by atoms with van der Waals surface area (Å²) in [5, 5.41) is 4.76. The minimum atomic E-state index is 0.442. The summed E-state index contributed by atoms with van der Waals surface area (Å²) in [5.41, 5.74) is 0.907. The number of benzene rings is 1. The van der Waals surface area contributed by atoms with Crippen LogP contribution in [0.1, 0.15) is 10.4 Å². The Morgan fingerprint density at radius 1 is 1.50 bits per heavy atom. The molecule has 4 heteroatoms. The summed E-state index contributed by atoms with van der Waals surface area (Å²) >= 11 is 5.81. The van der Waals surface area contributed by atoms with Crippen LogP contribution < -0.4 is 0 Å². The van der Waals surface area contributed by atoms with Gasteiger partial charge in [0.25, 0.3) is 0 Å². The molecule has 0 fully saturated rings. The van der Waals surface area contributed by atoms with Gasteiger partial charge in [-0.15, -0.1) is 0 Å². The van der Waals surface area contributed by atoms with E-state index in [2.05, 4.69) is 5.16 Å². The third kappa shape index (κ3) is 0.905. The maximum absolute atomic E-state index is 10.5. The number of aldehydes is 1. The van der Waals surface area contributed by atoms with Gasteiger partial charge >= 0.3 is 0 Å². The molecule has 3 nitrogen and oxygen atoms in total. The summed E-state index contributed by atoms with van der Waals surface area (Å²) in [4.78, 5) is 10.5. The van der Waals surface area contributed by atoms with Crippen LogP contribution in [0.25, 0.3) is 11.0 Å². The van der Waals surface area contributed by atoms with Gasteiger partial charge in [0.1, 0.15) is 0 Å². The van der Waals surface area contributed by atoms with Crippen molar-refractivity contribution in [3.05, 3.63) is 28.9 Å². The molecular weight excluding hydrogens is 178 g/mol. The van der Waals surface area contributed by atoms with Crippen molar-refractivity contribution < 1.29 is 9.32 Å². The Hall–Kier alpha value is -1.35. The topological polar surface area (TPSA) is 43.1 Å². The fraction of sp³-hybridized carbons (Fsp3) is 0. The van der Waals surface area contributed by atoms with E-state index in [1.807, 2.05) is 0 Å². The summed E-state index contributed by atoms with van der Waals surface area (Å²) in [6, 6.07) is 3.24. The Labute approximate surface area is 72.9 Å². The van der Waals surface area contributed by atoms with Gasteiger partial charge in [-0.1, -0.05) is 16.8 Å². The molecule has 0 bridgehead atoms. The zero-order valence-electron chi connectivity index (χ0n) is 5.95. The molecule has 2 rings (SSSR count). The molecular formula is C8H4ClNO2. The van der Waals surface area contributed by atoms with E-state index in [0.29, 0.717) is 27.8 Å². The first kappa shape index (κ1) is 7.31. The maximum Gasteiger partial charge on any atom is 0.178 e. The van der Waals surface area contributed by atoms with E-state index in [1.54, 1.807) is 12.1 Å². The van der Waals surface area contributed by atoms with Gasteiger partial charge in [-0.2, -0.15) is 0 Å². The number of rotatable bonds is 1. The summed E-state index contributed by atoms with van der Waals surface area (Å²) in [5.74, 6) is 0. The molecule has 0 atom stereocenters. The number of fused-ring (bicyclic) bond motifs is 1. The van der Waals surface area contributed by atoms with Crippen molar-refractivity contribution in [3.8, 4) is 0 Å². The van der Waals surface area contributed by atoms with Crippen molar-refractivity contribution in [1.82, 2.24) is 5.16 Å². The molecule has 12 heavy (non-hydrogen) atoms. The lowest BCUT2D eigenvalue weighted by Crippen LogP contribution is -1.79. The molecule has 0 saturated carbocycles. The Balaban J connectivity index is 2.91. The van der Waals surface area contributed by atoms with E-state index in [4.69, 9.17) is 16.1 Å². The Morgan fingerprint density at radius 2 is 2.33 bits per heavy atom. The summed E-state index contributed by atoms with van der Waals surface area (Å²) in [6.45, 7) is 0. The quantitative estimate of drug-likeness (QED) is 0.634. The van der Waals surface area contributed by atoms with Crippen LogP contribution in [0.15, 0.2) is 22.9 Å². The first-order chi connectivity index (χ1) is 5.83. The Bertz CT molecular complexity index is 436. The predicted octanol–water partition coefficient (Wildman–Crippen LogP) is 2.29. The number of hydrogen-bond acceptors (Lipinski definition) is 3. The van der Waals surface area contributed by atoms with Crippen LogP contribution in [0.3, 0.4) is 0 Å². The molecule has 0 spiro atoms. The van der Waals surface area contributed by atoms with Gasteiger partial charge in [0.15, 0.2) is 11.9 Å². The van der Waals surface area contributed by atoms with Gasteiger partial charge < -0.3 is 4.52 Å². The van der Waals surface area contributed by atoms with E-state index >= 15 is 0 Å². The molecule has 0 aliphatic heterocycles. The molecule has 1 aromatic carbocycles. The van der Waals surface area contributed by atoms with E-state index < -0.39 is 0 Å². The Morgan fingerprint density at radius 3 is 3.08 bits per heavy atom. The molecule has 1 aromatic heterocycles. The highest BCUT2D eigenvalue weighted by Crippen LogP contribution is 2.24. The third-order valence-electron chi connectivity index (χ3n) is 1.63. The van der Waals surface area contributed by atoms with Gasteiger partial charge in [-0.3, -0.25) is 4.79 Å². The second-order valence-corrected chi connectivity index (χ2v) is 2.73. The van der Waals surface area contributed by atoms with Crippen LogP contribution in [0.4, 0.5) is 0 Å². The second kappa shape index (κ2) is 2.60. The fourth-order valence-corrected chi connectivity index (χ4v) is 1.24. The van der Waals surface area contributed by atoms with E-state index in [9.17, 15) is 4.79 Å². The summed E-state index contributed by atoms with van der Waals surface area (Å²) in [7, 11) is 0. The van der Waals surface area contributed by atoms with Crippen molar-refractivity contribution >= 4 is 28.9 Å². The SMILES string of the molecule is O=Cc1ccc(Cl)c2cnoc12. The summed E-state index contributed by atoms with van der Waals surface area (Å²) < 4.78 is 4.86. The first-order valence-electron chi connectivity index (χ1n) is 3.31. The van der Waals surface area contributed by atoms with E-state index in [1.165, 1.54) is 6.20 Å². The van der Waals surface area contributed by atoms with Crippen molar-refractivity contribution in [2.24, 2.45) is 0 Å². The van der Waals surface area contributed by atoms with Crippen LogP contribution in [0, 0.1) is 0 Å². The molecule has 0 radical (unpaired) electrons. The predicted molar refractivity (Wildman–Crippen MR) is 44.4 cm³/mol. The number of halogens is 1. The van der Waals surface area contributed by atoms with Gasteiger partial charge in [0.05, 0.1) is 22.2 Å². The molecule has 0 saturated heterocycles. The van der Waals surface area contributed by atoms with Gasteiger partial charge in [-0.25, -0.2) is 0 Å². The van der Waals surface area contributed by atoms with Crippen molar-refractivity contribution in [1.29, 1.82) is 0 Å². The first-order valence-corrected chi connectivity index (χ1v) is 3.69. The molecule has 60 valence electrons. The van der Waals surface area contributed by atoms with Crippen molar-refractivity contribution in [3.63, 3.8) is 0 Å². The number of carbonyl (C=O) groups is 1. The second-order valence-electron chi connectivity index (χ2n) is 2.32. The molecule has 0 aliphatic rings. The molecule has 0 amide bonds. The van der Waals surface area contributed by atoms with Gasteiger partial charge in [0, 0.05) is 0 Å². The molecule has 0 N–H and O–H groups in total. The highest BCUT2D eigenvalue weighted by Gasteiger charge is 2.07. The summed E-state index contributed by atoms with van der Waals surface area (Å²) in [6.07, 6.45) is 2.20. The fourth-order valence-electron chi connectivity index (χ4n) is 1.04. The molecule has 1 heterocycles. The van der Waals surface area contributed by atoms with Crippen LogP contribution in [0.2, 0.25) is 5.02 Å².